The first-order valence-corrected chi connectivity index (χ1v) is 10.7. The summed E-state index contributed by atoms with van der Waals surface area (Å²) in [5, 5.41) is 14.4. The van der Waals surface area contributed by atoms with Gasteiger partial charge in [-0.25, -0.2) is 0 Å². The average Bonchev–Trinajstić information content (AvgIpc) is 3.43. The highest BCUT2D eigenvalue weighted by molar-refractivity contribution is 7.99. The molecule has 1 saturated heterocycles. The van der Waals surface area contributed by atoms with Gasteiger partial charge in [0, 0.05) is 37.3 Å². The molecule has 0 bridgehead atoms. The van der Waals surface area contributed by atoms with Gasteiger partial charge < -0.3 is 4.90 Å². The minimum Gasteiger partial charge on any atom is -0.341 e. The van der Waals surface area contributed by atoms with Gasteiger partial charge in [0.15, 0.2) is 5.16 Å². The van der Waals surface area contributed by atoms with Crippen molar-refractivity contribution in [1.82, 2.24) is 24.5 Å². The molecule has 1 aliphatic heterocycles. The van der Waals surface area contributed by atoms with E-state index in [0.717, 1.165) is 48.6 Å². The summed E-state index contributed by atoms with van der Waals surface area (Å²) in [5.41, 5.74) is 3.66. The smallest absolute Gasteiger partial charge is 0.232 e. The molecular weight excluding hydrogens is 356 g/mol. The fourth-order valence-electron chi connectivity index (χ4n) is 3.50. The molecule has 0 amide bonds. The molecule has 0 aliphatic carbocycles. The Morgan fingerprint density at radius 1 is 1.04 bits per heavy atom. The second-order valence-electron chi connectivity index (χ2n) is 6.88. The quantitative estimate of drug-likeness (QED) is 0.583. The number of aromatic nitrogens is 5. The number of nitrogens with zero attached hydrogens (tertiary/aromatic N) is 6. The zero-order chi connectivity index (χ0) is 18.6. The van der Waals surface area contributed by atoms with Crippen molar-refractivity contribution in [2.45, 2.75) is 44.8 Å². The van der Waals surface area contributed by atoms with Crippen LogP contribution in [0, 0.1) is 6.92 Å². The molecule has 0 unspecified atom stereocenters. The summed E-state index contributed by atoms with van der Waals surface area (Å²) < 4.78 is 4.27. The Bertz CT molecular complexity index is 876. The van der Waals surface area contributed by atoms with Gasteiger partial charge in [-0.15, -0.1) is 10.2 Å². The molecule has 4 rings (SSSR count). The van der Waals surface area contributed by atoms with Crippen LogP contribution in [0.25, 0.3) is 5.69 Å². The lowest BCUT2D eigenvalue weighted by Gasteiger charge is -2.18. The third kappa shape index (κ3) is 3.88. The SMILES string of the molecule is CCn1nccc1CCSc1nnc(N2CCCC2)n1-c1ccc(C)cc1. The molecule has 27 heavy (non-hydrogen) atoms. The average molecular weight is 383 g/mol. The topological polar surface area (TPSA) is 51.8 Å². The van der Waals surface area contributed by atoms with Crippen LogP contribution >= 0.6 is 11.8 Å². The van der Waals surface area contributed by atoms with E-state index >= 15 is 0 Å². The third-order valence-electron chi connectivity index (χ3n) is 4.99. The van der Waals surface area contributed by atoms with Gasteiger partial charge in [-0.3, -0.25) is 9.25 Å². The standard InChI is InChI=1S/C20H26N6S/c1-3-25-17(10-12-21-25)11-15-27-20-23-22-19(24-13-4-5-14-24)26(20)18-8-6-16(2)7-9-18/h6-10,12H,3-5,11,13-15H2,1-2H3. The molecule has 0 spiro atoms. The summed E-state index contributed by atoms with van der Waals surface area (Å²) in [7, 11) is 0. The number of hydrogen-bond donors (Lipinski definition) is 0. The molecule has 1 aromatic carbocycles. The van der Waals surface area contributed by atoms with E-state index in [1.807, 2.05) is 6.20 Å². The molecular formula is C20H26N6S. The van der Waals surface area contributed by atoms with Gasteiger partial charge in [0.2, 0.25) is 5.95 Å². The van der Waals surface area contributed by atoms with Gasteiger partial charge >= 0.3 is 0 Å². The zero-order valence-corrected chi connectivity index (χ0v) is 16.8. The Hall–Kier alpha value is -2.28. The van der Waals surface area contributed by atoms with Crippen molar-refractivity contribution >= 4 is 17.7 Å². The van der Waals surface area contributed by atoms with Crippen molar-refractivity contribution in [3.63, 3.8) is 0 Å². The van der Waals surface area contributed by atoms with Crippen molar-refractivity contribution in [3.05, 3.63) is 47.8 Å². The Balaban J connectivity index is 1.57. The van der Waals surface area contributed by atoms with Crippen molar-refractivity contribution in [3.8, 4) is 5.69 Å². The minimum atomic E-state index is 0.908. The second kappa shape index (κ2) is 8.17. The fourth-order valence-corrected chi connectivity index (χ4v) is 4.41. The fraction of sp³-hybridized carbons (Fsp3) is 0.450. The van der Waals surface area contributed by atoms with Crippen LogP contribution < -0.4 is 4.90 Å². The van der Waals surface area contributed by atoms with Crippen LogP contribution in [0.5, 0.6) is 0 Å². The van der Waals surface area contributed by atoms with Crippen LogP contribution in [-0.2, 0) is 13.0 Å². The minimum absolute atomic E-state index is 0.908. The van der Waals surface area contributed by atoms with Crippen molar-refractivity contribution in [2.75, 3.05) is 23.7 Å². The van der Waals surface area contributed by atoms with E-state index in [4.69, 9.17) is 0 Å². The molecule has 0 atom stereocenters. The van der Waals surface area contributed by atoms with E-state index in [0.29, 0.717) is 0 Å². The molecule has 2 aromatic heterocycles. The predicted molar refractivity (Wildman–Crippen MR) is 110 cm³/mol. The summed E-state index contributed by atoms with van der Waals surface area (Å²) >= 11 is 1.76. The molecule has 1 fully saturated rings. The van der Waals surface area contributed by atoms with Crippen LogP contribution in [0.4, 0.5) is 5.95 Å². The number of rotatable bonds is 7. The van der Waals surface area contributed by atoms with Gasteiger partial charge in [0.1, 0.15) is 0 Å². The van der Waals surface area contributed by atoms with Crippen LogP contribution in [0.3, 0.4) is 0 Å². The Morgan fingerprint density at radius 3 is 2.56 bits per heavy atom. The lowest BCUT2D eigenvalue weighted by Crippen LogP contribution is -2.22. The molecule has 0 N–H and O–H groups in total. The molecule has 142 valence electrons. The predicted octanol–water partition coefficient (Wildman–Crippen LogP) is 3.73. The maximum absolute atomic E-state index is 4.55. The summed E-state index contributed by atoms with van der Waals surface area (Å²) in [6.07, 6.45) is 5.30. The van der Waals surface area contributed by atoms with E-state index in [2.05, 4.69) is 73.6 Å². The summed E-state index contributed by atoms with van der Waals surface area (Å²) in [5.74, 6) is 1.92. The number of aryl methyl sites for hydroxylation is 3. The highest BCUT2D eigenvalue weighted by atomic mass is 32.2. The second-order valence-corrected chi connectivity index (χ2v) is 7.95. The van der Waals surface area contributed by atoms with Crippen molar-refractivity contribution in [1.29, 1.82) is 0 Å². The zero-order valence-electron chi connectivity index (χ0n) is 16.0. The van der Waals surface area contributed by atoms with E-state index in [-0.39, 0.29) is 0 Å². The molecule has 6 nitrogen and oxygen atoms in total. The molecule has 3 heterocycles. The summed E-state index contributed by atoms with van der Waals surface area (Å²) in [6.45, 7) is 7.27. The van der Waals surface area contributed by atoms with Gasteiger partial charge in [-0.2, -0.15) is 5.10 Å². The highest BCUT2D eigenvalue weighted by Crippen LogP contribution is 2.29. The monoisotopic (exact) mass is 382 g/mol. The third-order valence-corrected chi connectivity index (χ3v) is 5.92. The van der Waals surface area contributed by atoms with E-state index in [1.165, 1.54) is 24.1 Å². The van der Waals surface area contributed by atoms with E-state index in [9.17, 15) is 0 Å². The van der Waals surface area contributed by atoms with Crippen molar-refractivity contribution < 1.29 is 0 Å². The maximum atomic E-state index is 4.55. The molecule has 0 radical (unpaired) electrons. The number of thioether (sulfide) groups is 1. The van der Waals surface area contributed by atoms with E-state index < -0.39 is 0 Å². The summed E-state index contributed by atoms with van der Waals surface area (Å²) in [4.78, 5) is 2.35. The van der Waals surface area contributed by atoms with Crippen LogP contribution in [0.15, 0.2) is 41.7 Å². The first-order valence-electron chi connectivity index (χ1n) is 9.67. The largest absolute Gasteiger partial charge is 0.341 e. The lowest BCUT2D eigenvalue weighted by molar-refractivity contribution is 0.627. The van der Waals surface area contributed by atoms with Gasteiger partial charge in [-0.05, 0) is 51.3 Å². The molecule has 1 aliphatic rings. The maximum Gasteiger partial charge on any atom is 0.232 e. The van der Waals surface area contributed by atoms with Crippen molar-refractivity contribution in [2.24, 2.45) is 0 Å². The first-order chi connectivity index (χ1) is 13.3. The van der Waals surface area contributed by atoms with Gasteiger partial charge in [-0.1, -0.05) is 29.5 Å². The summed E-state index contributed by atoms with van der Waals surface area (Å²) in [6, 6.07) is 10.7. The normalized spacial score (nSPS) is 14.2. The first kappa shape index (κ1) is 18.1. The number of hydrogen-bond acceptors (Lipinski definition) is 5. The van der Waals surface area contributed by atoms with Gasteiger partial charge in [0.05, 0.1) is 5.69 Å². The van der Waals surface area contributed by atoms with Crippen LogP contribution in [-0.4, -0.2) is 43.4 Å². The Kier molecular flexibility index (Phi) is 5.48. The lowest BCUT2D eigenvalue weighted by atomic mass is 10.2. The highest BCUT2D eigenvalue weighted by Gasteiger charge is 2.22. The number of benzene rings is 1. The van der Waals surface area contributed by atoms with Crippen LogP contribution in [0.2, 0.25) is 0 Å². The Morgan fingerprint density at radius 2 is 1.81 bits per heavy atom. The molecule has 3 aromatic rings. The molecule has 7 heteroatoms. The Labute approximate surface area is 164 Å². The number of anilines is 1. The van der Waals surface area contributed by atoms with Gasteiger partial charge in [0.25, 0.3) is 0 Å². The van der Waals surface area contributed by atoms with E-state index in [1.54, 1.807) is 11.8 Å². The molecule has 0 saturated carbocycles. The van der Waals surface area contributed by atoms with Crippen LogP contribution in [0.1, 0.15) is 31.0 Å².